The van der Waals surface area contributed by atoms with E-state index in [0.717, 1.165) is 37.1 Å². The molecule has 10 nitrogen and oxygen atoms in total. The molecule has 168 valence electrons. The lowest BCUT2D eigenvalue weighted by Crippen LogP contribution is -2.35. The predicted molar refractivity (Wildman–Crippen MR) is 116 cm³/mol. The molecule has 1 aliphatic rings. The number of sulfonamides is 1. The summed E-state index contributed by atoms with van der Waals surface area (Å²) in [6, 6.07) is 10.9. The predicted octanol–water partition coefficient (Wildman–Crippen LogP) is 3.98. The monoisotopic (exact) mass is 476 g/mol. The Hall–Kier alpha value is -2.96. The molecule has 1 aromatic heterocycles. The molecule has 0 bridgehead atoms. The summed E-state index contributed by atoms with van der Waals surface area (Å²) in [7, 11) is -2.23. The summed E-state index contributed by atoms with van der Waals surface area (Å²) in [6.45, 7) is 0.839. The van der Waals surface area contributed by atoms with Gasteiger partial charge in [0.2, 0.25) is 15.9 Å². The van der Waals surface area contributed by atoms with Gasteiger partial charge in [-0.05, 0) is 61.0 Å². The fourth-order valence-corrected chi connectivity index (χ4v) is 5.64. The van der Waals surface area contributed by atoms with Gasteiger partial charge in [0, 0.05) is 24.7 Å². The Morgan fingerprint density at radius 1 is 1.09 bits per heavy atom. The SMILES string of the molecule is COc1ccc(-c2nnc(Sc3ccc(S(=O)(=O)N4CCCCC4)cc3[N+](=O)[O-])o2)cc1. The molecule has 0 spiro atoms. The first-order valence-electron chi connectivity index (χ1n) is 9.83. The van der Waals surface area contributed by atoms with Crippen LogP contribution in [-0.2, 0) is 10.0 Å². The molecule has 0 N–H and O–H groups in total. The van der Waals surface area contributed by atoms with E-state index in [2.05, 4.69) is 10.2 Å². The number of nitrogens with zero attached hydrogens (tertiary/aromatic N) is 4. The Labute approximate surface area is 188 Å². The molecule has 0 atom stereocenters. The minimum atomic E-state index is -3.79. The number of benzene rings is 2. The quantitative estimate of drug-likeness (QED) is 0.367. The molecular weight excluding hydrogens is 456 g/mol. The number of nitro benzene ring substituents is 1. The van der Waals surface area contributed by atoms with Crippen LogP contribution in [0.2, 0.25) is 0 Å². The average Bonchev–Trinajstić information content (AvgIpc) is 3.28. The first kappa shape index (κ1) is 22.2. The van der Waals surface area contributed by atoms with Gasteiger partial charge >= 0.3 is 0 Å². The van der Waals surface area contributed by atoms with E-state index in [1.165, 1.54) is 16.4 Å². The normalized spacial score (nSPS) is 14.9. The molecule has 1 aliphatic heterocycles. The molecule has 0 aliphatic carbocycles. The maximum Gasteiger partial charge on any atom is 0.284 e. The fourth-order valence-electron chi connectivity index (χ4n) is 3.34. The van der Waals surface area contributed by atoms with Gasteiger partial charge in [-0.2, -0.15) is 4.31 Å². The molecule has 12 heteroatoms. The summed E-state index contributed by atoms with van der Waals surface area (Å²) in [6.07, 6.45) is 2.54. The Morgan fingerprint density at radius 3 is 2.47 bits per heavy atom. The van der Waals surface area contributed by atoms with Crippen LogP contribution in [0.5, 0.6) is 5.75 Å². The third-order valence-corrected chi connectivity index (χ3v) is 7.82. The third kappa shape index (κ3) is 4.61. The Kier molecular flexibility index (Phi) is 6.44. The molecule has 1 saturated heterocycles. The lowest BCUT2D eigenvalue weighted by atomic mass is 10.2. The van der Waals surface area contributed by atoms with Crippen LogP contribution in [0.4, 0.5) is 5.69 Å². The molecule has 0 unspecified atom stereocenters. The maximum atomic E-state index is 12.9. The highest BCUT2D eigenvalue weighted by molar-refractivity contribution is 7.99. The minimum absolute atomic E-state index is 0.0973. The zero-order valence-electron chi connectivity index (χ0n) is 17.1. The van der Waals surface area contributed by atoms with Gasteiger partial charge in [0.25, 0.3) is 10.9 Å². The van der Waals surface area contributed by atoms with Gasteiger partial charge in [0.15, 0.2) is 0 Å². The van der Waals surface area contributed by atoms with E-state index < -0.39 is 14.9 Å². The Morgan fingerprint density at radius 2 is 1.81 bits per heavy atom. The summed E-state index contributed by atoms with van der Waals surface area (Å²) < 4.78 is 37.9. The summed E-state index contributed by atoms with van der Waals surface area (Å²) >= 11 is 0.906. The number of ether oxygens (including phenoxy) is 1. The first-order valence-corrected chi connectivity index (χ1v) is 12.1. The maximum absolute atomic E-state index is 12.9. The molecule has 2 aromatic carbocycles. The van der Waals surface area contributed by atoms with E-state index in [0.29, 0.717) is 24.4 Å². The molecule has 4 rings (SSSR count). The molecule has 32 heavy (non-hydrogen) atoms. The number of rotatable bonds is 7. The van der Waals surface area contributed by atoms with E-state index in [1.54, 1.807) is 31.4 Å². The molecule has 0 saturated carbocycles. The topological polar surface area (TPSA) is 129 Å². The van der Waals surface area contributed by atoms with E-state index in [1.807, 2.05) is 0 Å². The highest BCUT2D eigenvalue weighted by Crippen LogP contribution is 2.37. The number of methoxy groups -OCH3 is 1. The van der Waals surface area contributed by atoms with Crippen molar-refractivity contribution in [1.82, 2.24) is 14.5 Å². The average molecular weight is 477 g/mol. The Bertz CT molecular complexity index is 1220. The van der Waals surface area contributed by atoms with Gasteiger partial charge in [0.1, 0.15) is 5.75 Å². The van der Waals surface area contributed by atoms with Crippen molar-refractivity contribution in [3.8, 4) is 17.2 Å². The second kappa shape index (κ2) is 9.27. The summed E-state index contributed by atoms with van der Waals surface area (Å²) in [4.78, 5) is 11.2. The van der Waals surface area contributed by atoms with Crippen molar-refractivity contribution in [1.29, 1.82) is 0 Å². The number of hydrogen-bond acceptors (Lipinski definition) is 9. The second-order valence-corrected chi connectivity index (χ2v) is 9.99. The number of hydrogen-bond donors (Lipinski definition) is 0. The van der Waals surface area contributed by atoms with Crippen LogP contribution in [0.25, 0.3) is 11.5 Å². The molecule has 3 aromatic rings. The Balaban J connectivity index is 1.59. The standard InChI is InChI=1S/C20H20N4O6S2/c1-29-15-7-5-14(6-8-15)19-21-22-20(30-19)31-18-10-9-16(13-17(18)24(25)26)32(27,28)23-11-3-2-4-12-23/h5-10,13H,2-4,11-12H2,1H3. The lowest BCUT2D eigenvalue weighted by molar-refractivity contribution is -0.388. The van der Waals surface area contributed by atoms with Gasteiger partial charge < -0.3 is 9.15 Å². The minimum Gasteiger partial charge on any atom is -0.497 e. The van der Waals surface area contributed by atoms with Crippen molar-refractivity contribution in [2.45, 2.75) is 34.3 Å². The highest BCUT2D eigenvalue weighted by Gasteiger charge is 2.29. The number of piperidine rings is 1. The van der Waals surface area contributed by atoms with Crippen LogP contribution < -0.4 is 4.74 Å². The van der Waals surface area contributed by atoms with Gasteiger partial charge in [0.05, 0.1) is 21.8 Å². The summed E-state index contributed by atoms with van der Waals surface area (Å²) in [5.41, 5.74) is 0.333. The molecule has 2 heterocycles. The van der Waals surface area contributed by atoms with Crippen LogP contribution in [0, 0.1) is 10.1 Å². The molecular formula is C20H20N4O6S2. The van der Waals surface area contributed by atoms with Crippen molar-refractivity contribution in [3.05, 3.63) is 52.6 Å². The van der Waals surface area contributed by atoms with Crippen molar-refractivity contribution in [2.75, 3.05) is 20.2 Å². The number of aromatic nitrogens is 2. The van der Waals surface area contributed by atoms with Gasteiger partial charge in [-0.3, -0.25) is 10.1 Å². The largest absolute Gasteiger partial charge is 0.497 e. The van der Waals surface area contributed by atoms with Gasteiger partial charge in [-0.1, -0.05) is 6.42 Å². The van der Waals surface area contributed by atoms with Gasteiger partial charge in [-0.25, -0.2) is 8.42 Å². The summed E-state index contributed by atoms with van der Waals surface area (Å²) in [5, 5.41) is 19.7. The zero-order chi connectivity index (χ0) is 22.7. The van der Waals surface area contributed by atoms with E-state index >= 15 is 0 Å². The van der Waals surface area contributed by atoms with Gasteiger partial charge in [-0.15, -0.1) is 10.2 Å². The fraction of sp³-hybridized carbons (Fsp3) is 0.300. The summed E-state index contributed by atoms with van der Waals surface area (Å²) in [5.74, 6) is 0.931. The molecule has 0 radical (unpaired) electrons. The van der Waals surface area contributed by atoms with E-state index in [-0.39, 0.29) is 26.6 Å². The smallest absolute Gasteiger partial charge is 0.284 e. The van der Waals surface area contributed by atoms with Crippen LogP contribution in [-0.4, -0.2) is 48.0 Å². The van der Waals surface area contributed by atoms with E-state index in [4.69, 9.17) is 9.15 Å². The zero-order valence-corrected chi connectivity index (χ0v) is 18.8. The lowest BCUT2D eigenvalue weighted by Gasteiger charge is -2.25. The van der Waals surface area contributed by atoms with Crippen molar-refractivity contribution >= 4 is 27.5 Å². The van der Waals surface area contributed by atoms with Crippen LogP contribution in [0.1, 0.15) is 19.3 Å². The van der Waals surface area contributed by atoms with Crippen molar-refractivity contribution in [2.24, 2.45) is 0 Å². The van der Waals surface area contributed by atoms with Crippen LogP contribution >= 0.6 is 11.8 Å². The molecule has 0 amide bonds. The number of nitro groups is 1. The van der Waals surface area contributed by atoms with Crippen LogP contribution in [0.15, 0.2) is 61.9 Å². The van der Waals surface area contributed by atoms with Crippen LogP contribution in [0.3, 0.4) is 0 Å². The first-order chi connectivity index (χ1) is 15.4. The second-order valence-electron chi connectivity index (χ2n) is 7.06. The van der Waals surface area contributed by atoms with E-state index in [9.17, 15) is 18.5 Å². The molecule has 1 fully saturated rings. The van der Waals surface area contributed by atoms with Crippen molar-refractivity contribution < 1.29 is 22.5 Å². The van der Waals surface area contributed by atoms with Crippen molar-refractivity contribution in [3.63, 3.8) is 0 Å². The highest BCUT2D eigenvalue weighted by atomic mass is 32.2. The third-order valence-electron chi connectivity index (χ3n) is 5.02.